The Bertz CT molecular complexity index is 3000. The highest BCUT2D eigenvalue weighted by molar-refractivity contribution is 6.29. The molecule has 0 amide bonds. The van der Waals surface area contributed by atoms with Gasteiger partial charge in [-0.05, 0) is 69.8 Å². The van der Waals surface area contributed by atoms with Crippen LogP contribution in [0.1, 0.15) is 25.0 Å². The number of rotatable bonds is 4. The number of pyridine rings is 1. The molecule has 53 heavy (non-hydrogen) atoms. The van der Waals surface area contributed by atoms with E-state index in [0.29, 0.717) is 0 Å². The molecule has 0 radical (unpaired) electrons. The van der Waals surface area contributed by atoms with E-state index in [1.807, 2.05) is 6.07 Å². The molecule has 0 spiro atoms. The van der Waals surface area contributed by atoms with E-state index in [0.717, 1.165) is 61.4 Å². The second-order valence-electron chi connectivity index (χ2n) is 14.7. The SMILES string of the molecule is CC1(C)c2ccccc2-c2c1c1c3ccccc3n(-c3ccc(-c4cc(-c5ccccc5)cc(-c5ccccc5)n4)cc3)c1c1oc3ccccc3c21. The lowest BCUT2D eigenvalue weighted by atomic mass is 9.80. The summed E-state index contributed by atoms with van der Waals surface area (Å²) in [5.74, 6) is 0. The number of aromatic nitrogens is 2. The van der Waals surface area contributed by atoms with Crippen molar-refractivity contribution in [1.82, 2.24) is 9.55 Å². The fourth-order valence-electron chi connectivity index (χ4n) is 8.98. The zero-order chi connectivity index (χ0) is 35.3. The summed E-state index contributed by atoms with van der Waals surface area (Å²) >= 11 is 0. The first-order chi connectivity index (χ1) is 26.1. The minimum atomic E-state index is -0.207. The Morgan fingerprint density at radius 2 is 1.13 bits per heavy atom. The predicted molar refractivity (Wildman–Crippen MR) is 220 cm³/mol. The van der Waals surface area contributed by atoms with Gasteiger partial charge in [0.25, 0.3) is 0 Å². The molecule has 7 aromatic carbocycles. The lowest BCUT2D eigenvalue weighted by Gasteiger charge is -2.23. The van der Waals surface area contributed by atoms with Gasteiger partial charge in [0.1, 0.15) is 5.58 Å². The van der Waals surface area contributed by atoms with Crippen molar-refractivity contribution in [3.8, 4) is 50.5 Å². The molecule has 0 N–H and O–H groups in total. The van der Waals surface area contributed by atoms with E-state index in [1.165, 1.54) is 44.0 Å². The molecule has 10 aromatic rings. The van der Waals surface area contributed by atoms with Crippen LogP contribution in [-0.4, -0.2) is 9.55 Å². The van der Waals surface area contributed by atoms with E-state index in [1.54, 1.807) is 0 Å². The summed E-state index contributed by atoms with van der Waals surface area (Å²) in [5.41, 5.74) is 16.7. The minimum absolute atomic E-state index is 0.207. The first-order valence-corrected chi connectivity index (χ1v) is 18.3. The molecule has 11 rings (SSSR count). The molecule has 0 unspecified atom stereocenters. The smallest absolute Gasteiger partial charge is 0.160 e. The first-order valence-electron chi connectivity index (χ1n) is 18.3. The Balaban J connectivity index is 1.18. The van der Waals surface area contributed by atoms with Gasteiger partial charge in [0, 0.05) is 43.8 Å². The Morgan fingerprint density at radius 1 is 0.528 bits per heavy atom. The van der Waals surface area contributed by atoms with Crippen LogP contribution in [0, 0.1) is 0 Å². The van der Waals surface area contributed by atoms with Gasteiger partial charge >= 0.3 is 0 Å². The Kier molecular flexibility index (Phi) is 6.30. The van der Waals surface area contributed by atoms with Crippen molar-refractivity contribution in [2.24, 2.45) is 0 Å². The number of hydrogen-bond acceptors (Lipinski definition) is 2. The van der Waals surface area contributed by atoms with Crippen LogP contribution in [0.15, 0.2) is 174 Å². The van der Waals surface area contributed by atoms with Crippen molar-refractivity contribution in [1.29, 1.82) is 0 Å². The van der Waals surface area contributed by atoms with Gasteiger partial charge in [0.05, 0.1) is 22.4 Å². The van der Waals surface area contributed by atoms with E-state index < -0.39 is 0 Å². The van der Waals surface area contributed by atoms with E-state index >= 15 is 0 Å². The summed E-state index contributed by atoms with van der Waals surface area (Å²) in [7, 11) is 0. The highest BCUT2D eigenvalue weighted by atomic mass is 16.3. The van der Waals surface area contributed by atoms with Gasteiger partial charge in [0.2, 0.25) is 0 Å². The number of para-hydroxylation sites is 2. The maximum atomic E-state index is 6.94. The van der Waals surface area contributed by atoms with E-state index in [2.05, 4.69) is 182 Å². The third-order valence-electron chi connectivity index (χ3n) is 11.4. The summed E-state index contributed by atoms with van der Waals surface area (Å²) in [6, 6.07) is 60.6. The van der Waals surface area contributed by atoms with Gasteiger partial charge in [-0.25, -0.2) is 4.98 Å². The molecular formula is C50H34N2O. The molecule has 0 aliphatic heterocycles. The van der Waals surface area contributed by atoms with Gasteiger partial charge < -0.3 is 8.98 Å². The zero-order valence-corrected chi connectivity index (χ0v) is 29.5. The van der Waals surface area contributed by atoms with Gasteiger partial charge in [-0.3, -0.25) is 0 Å². The van der Waals surface area contributed by atoms with Gasteiger partial charge in [-0.1, -0.05) is 147 Å². The molecule has 3 heterocycles. The van der Waals surface area contributed by atoms with Crippen LogP contribution in [0.5, 0.6) is 0 Å². The number of fused-ring (bicyclic) bond motifs is 12. The Labute approximate surface area is 307 Å². The van der Waals surface area contributed by atoms with Crippen molar-refractivity contribution in [3.05, 3.63) is 181 Å². The molecule has 0 saturated heterocycles. The normalized spacial score (nSPS) is 13.2. The van der Waals surface area contributed by atoms with Crippen molar-refractivity contribution >= 4 is 43.7 Å². The van der Waals surface area contributed by atoms with E-state index in [-0.39, 0.29) is 5.41 Å². The fraction of sp³-hybridized carbons (Fsp3) is 0.0600. The summed E-state index contributed by atoms with van der Waals surface area (Å²) in [5, 5.41) is 4.84. The number of benzene rings is 7. The highest BCUT2D eigenvalue weighted by Crippen LogP contribution is 2.58. The van der Waals surface area contributed by atoms with Crippen molar-refractivity contribution < 1.29 is 4.42 Å². The lowest BCUT2D eigenvalue weighted by Crippen LogP contribution is -2.15. The molecule has 250 valence electrons. The van der Waals surface area contributed by atoms with Gasteiger partial charge in [-0.15, -0.1) is 0 Å². The van der Waals surface area contributed by atoms with Crippen molar-refractivity contribution in [2.75, 3.05) is 0 Å². The van der Waals surface area contributed by atoms with Crippen molar-refractivity contribution in [2.45, 2.75) is 19.3 Å². The molecule has 1 aliphatic rings. The summed E-state index contributed by atoms with van der Waals surface area (Å²) in [6.07, 6.45) is 0. The second-order valence-corrected chi connectivity index (χ2v) is 14.7. The van der Waals surface area contributed by atoms with Crippen LogP contribution >= 0.6 is 0 Å². The standard InChI is InChI=1S/C50H34N2O/c1-50(2)39-22-12-9-19-36(39)44-45-38-21-11-14-24-43(38)53-49(45)48-46(47(44)50)37-20-10-13-23-42(37)52(48)35-27-25-33(26-28-35)41-30-34(31-15-5-3-6-16-31)29-40(51-41)32-17-7-4-8-18-32/h3-30H,1-2H3. The highest BCUT2D eigenvalue weighted by Gasteiger charge is 2.41. The fourth-order valence-corrected chi connectivity index (χ4v) is 8.98. The van der Waals surface area contributed by atoms with Crippen molar-refractivity contribution in [3.63, 3.8) is 0 Å². The Hall–Kier alpha value is -6.71. The minimum Gasteiger partial charge on any atom is -0.454 e. The molecule has 1 aliphatic carbocycles. The van der Waals surface area contributed by atoms with E-state index in [9.17, 15) is 0 Å². The van der Waals surface area contributed by atoms with Crippen LogP contribution in [0.4, 0.5) is 0 Å². The van der Waals surface area contributed by atoms with Crippen LogP contribution < -0.4 is 0 Å². The monoisotopic (exact) mass is 678 g/mol. The largest absolute Gasteiger partial charge is 0.454 e. The van der Waals surface area contributed by atoms with Gasteiger partial charge in [0.15, 0.2) is 5.58 Å². The summed E-state index contributed by atoms with van der Waals surface area (Å²) in [4.78, 5) is 5.21. The van der Waals surface area contributed by atoms with Crippen LogP contribution in [0.2, 0.25) is 0 Å². The average molecular weight is 679 g/mol. The zero-order valence-electron chi connectivity index (χ0n) is 29.5. The third kappa shape index (κ3) is 4.31. The molecule has 0 atom stereocenters. The maximum Gasteiger partial charge on any atom is 0.160 e. The van der Waals surface area contributed by atoms with Crippen LogP contribution in [0.25, 0.3) is 94.2 Å². The third-order valence-corrected chi connectivity index (χ3v) is 11.4. The number of nitrogens with zero attached hydrogens (tertiary/aromatic N) is 2. The summed E-state index contributed by atoms with van der Waals surface area (Å²) in [6.45, 7) is 4.76. The Morgan fingerprint density at radius 3 is 1.89 bits per heavy atom. The lowest BCUT2D eigenvalue weighted by molar-refractivity contribution is 0.663. The number of furan rings is 1. The molecule has 0 fully saturated rings. The predicted octanol–water partition coefficient (Wildman–Crippen LogP) is 13.4. The van der Waals surface area contributed by atoms with Crippen LogP contribution in [-0.2, 0) is 5.41 Å². The van der Waals surface area contributed by atoms with E-state index in [4.69, 9.17) is 9.40 Å². The molecule has 3 nitrogen and oxygen atoms in total. The quantitative estimate of drug-likeness (QED) is 0.185. The van der Waals surface area contributed by atoms with Crippen LogP contribution in [0.3, 0.4) is 0 Å². The number of hydrogen-bond donors (Lipinski definition) is 0. The molecule has 0 bridgehead atoms. The van der Waals surface area contributed by atoms with Gasteiger partial charge in [-0.2, -0.15) is 0 Å². The maximum absolute atomic E-state index is 6.94. The average Bonchev–Trinajstić information content (AvgIpc) is 3.84. The molecule has 3 aromatic heterocycles. The topological polar surface area (TPSA) is 31.0 Å². The second kappa shape index (κ2) is 11.1. The summed E-state index contributed by atoms with van der Waals surface area (Å²) < 4.78 is 9.36. The molecule has 3 heteroatoms. The first kappa shape index (κ1) is 30.0. The molecule has 0 saturated carbocycles. The molecular weight excluding hydrogens is 645 g/mol.